The van der Waals surface area contributed by atoms with E-state index >= 15 is 0 Å². The van der Waals surface area contributed by atoms with E-state index in [0.717, 1.165) is 0 Å². The van der Waals surface area contributed by atoms with E-state index in [2.05, 4.69) is 15.2 Å². The molecule has 3 N–H and O–H groups in total. The summed E-state index contributed by atoms with van der Waals surface area (Å²) < 4.78 is 5.89. The van der Waals surface area contributed by atoms with E-state index in [1.807, 2.05) is 0 Å². The van der Waals surface area contributed by atoms with Crippen LogP contribution in [0.2, 0.25) is 0 Å². The van der Waals surface area contributed by atoms with E-state index in [1.54, 1.807) is 13.1 Å². The molecule has 1 aromatic heterocycles. The fourth-order valence-electron chi connectivity index (χ4n) is 1.84. The number of anilines is 2. The van der Waals surface area contributed by atoms with Crippen molar-refractivity contribution in [2.45, 2.75) is 0 Å². The van der Waals surface area contributed by atoms with Crippen LogP contribution in [0.5, 0.6) is 0 Å². The van der Waals surface area contributed by atoms with Crippen molar-refractivity contribution in [3.05, 3.63) is 39.9 Å². The lowest BCUT2D eigenvalue weighted by Crippen LogP contribution is -2.08. The minimum Gasteiger partial charge on any atom is -0.465 e. The van der Waals surface area contributed by atoms with Crippen LogP contribution < -0.4 is 11.1 Å². The van der Waals surface area contributed by atoms with Crippen molar-refractivity contribution in [3.63, 3.8) is 0 Å². The minimum absolute atomic E-state index is 0.0340. The summed E-state index contributed by atoms with van der Waals surface area (Å²) in [6.45, 7) is 0. The third-order valence-corrected chi connectivity index (χ3v) is 2.83. The number of nitrogens with one attached hydrogen (secondary N) is 1. The standard InChI is InChI=1S/C12H13N5O4/c1-14-11-9(12(18)21-2)10(13)16(15-11)7-4-3-5-8(6-7)17(19)20/h3-6H,13H2,1-2H3,(H,14,15). The molecule has 1 aromatic carbocycles. The molecule has 9 nitrogen and oxygen atoms in total. The first kappa shape index (κ1) is 14.3. The van der Waals surface area contributed by atoms with E-state index in [4.69, 9.17) is 5.73 Å². The van der Waals surface area contributed by atoms with Crippen LogP contribution in [-0.4, -0.2) is 34.8 Å². The average molecular weight is 291 g/mol. The van der Waals surface area contributed by atoms with Crippen LogP contribution in [0, 0.1) is 10.1 Å². The van der Waals surface area contributed by atoms with Crippen LogP contribution in [0.1, 0.15) is 10.4 Å². The first-order valence-corrected chi connectivity index (χ1v) is 5.89. The monoisotopic (exact) mass is 291 g/mol. The second kappa shape index (κ2) is 5.49. The Balaban J connectivity index is 2.60. The molecule has 0 aliphatic rings. The molecule has 2 rings (SSSR count). The van der Waals surface area contributed by atoms with Gasteiger partial charge in [-0.25, -0.2) is 9.48 Å². The molecule has 0 atom stereocenters. The van der Waals surface area contributed by atoms with Gasteiger partial charge in [0.2, 0.25) is 0 Å². The summed E-state index contributed by atoms with van der Waals surface area (Å²) in [6.07, 6.45) is 0. The van der Waals surface area contributed by atoms with Crippen LogP contribution in [0.3, 0.4) is 0 Å². The molecule has 0 saturated heterocycles. The predicted octanol–water partition coefficient (Wildman–Crippen LogP) is 1.19. The number of nitrogens with zero attached hydrogens (tertiary/aromatic N) is 3. The molecule has 0 radical (unpaired) electrons. The Kier molecular flexibility index (Phi) is 3.74. The summed E-state index contributed by atoms with van der Waals surface area (Å²) in [4.78, 5) is 22.0. The fraction of sp³-hybridized carbons (Fsp3) is 0.167. The average Bonchev–Trinajstić information content (AvgIpc) is 2.83. The Labute approximate surface area is 119 Å². The number of nitro groups is 1. The minimum atomic E-state index is -0.645. The van der Waals surface area contributed by atoms with Gasteiger partial charge in [0, 0.05) is 19.2 Å². The molecule has 1 heterocycles. The molecule has 0 aliphatic carbocycles. The van der Waals surface area contributed by atoms with Crippen LogP contribution in [-0.2, 0) is 4.74 Å². The number of methoxy groups -OCH3 is 1. The van der Waals surface area contributed by atoms with E-state index in [9.17, 15) is 14.9 Å². The van der Waals surface area contributed by atoms with Crippen molar-refractivity contribution in [2.24, 2.45) is 0 Å². The van der Waals surface area contributed by atoms with Gasteiger partial charge < -0.3 is 15.8 Å². The number of nitrogen functional groups attached to an aromatic ring is 1. The van der Waals surface area contributed by atoms with E-state index in [0.29, 0.717) is 5.69 Å². The Morgan fingerprint density at radius 3 is 2.81 bits per heavy atom. The molecule has 2 aromatic rings. The zero-order valence-corrected chi connectivity index (χ0v) is 11.4. The summed E-state index contributed by atoms with van der Waals surface area (Å²) in [5.41, 5.74) is 6.24. The van der Waals surface area contributed by atoms with Crippen molar-refractivity contribution in [1.29, 1.82) is 0 Å². The Bertz CT molecular complexity index is 710. The summed E-state index contributed by atoms with van der Waals surface area (Å²) in [6, 6.07) is 5.76. The van der Waals surface area contributed by atoms with E-state index in [-0.39, 0.29) is 22.9 Å². The Morgan fingerprint density at radius 2 is 2.24 bits per heavy atom. The molecule has 0 amide bonds. The summed E-state index contributed by atoms with van der Waals surface area (Å²) in [7, 11) is 2.80. The molecular formula is C12H13N5O4. The van der Waals surface area contributed by atoms with Crippen molar-refractivity contribution in [1.82, 2.24) is 9.78 Å². The van der Waals surface area contributed by atoms with Crippen LogP contribution in [0.4, 0.5) is 17.3 Å². The quantitative estimate of drug-likeness (QED) is 0.492. The molecule has 0 unspecified atom stereocenters. The molecule has 110 valence electrons. The van der Waals surface area contributed by atoms with Crippen LogP contribution >= 0.6 is 0 Å². The molecule has 21 heavy (non-hydrogen) atoms. The molecule has 0 saturated carbocycles. The van der Waals surface area contributed by atoms with Crippen molar-refractivity contribution < 1.29 is 14.5 Å². The highest BCUT2D eigenvalue weighted by Crippen LogP contribution is 2.26. The topological polar surface area (TPSA) is 125 Å². The number of carbonyl (C=O) groups is 1. The molecule has 0 bridgehead atoms. The Hall–Kier alpha value is -3.10. The number of carbonyl (C=O) groups excluding carboxylic acids is 1. The number of esters is 1. The maximum Gasteiger partial charge on any atom is 0.345 e. The van der Waals surface area contributed by atoms with Gasteiger partial charge in [-0.05, 0) is 6.07 Å². The lowest BCUT2D eigenvalue weighted by atomic mass is 10.2. The number of nitrogens with two attached hydrogens (primary N) is 1. The van der Waals surface area contributed by atoms with E-state index in [1.165, 1.54) is 30.0 Å². The van der Waals surface area contributed by atoms with Crippen LogP contribution in [0.15, 0.2) is 24.3 Å². The van der Waals surface area contributed by atoms with Gasteiger partial charge >= 0.3 is 5.97 Å². The fourth-order valence-corrected chi connectivity index (χ4v) is 1.84. The van der Waals surface area contributed by atoms with E-state index < -0.39 is 10.9 Å². The van der Waals surface area contributed by atoms with Gasteiger partial charge in [-0.3, -0.25) is 10.1 Å². The number of rotatable bonds is 4. The molecule has 0 fully saturated rings. The number of nitro benzene ring substituents is 1. The lowest BCUT2D eigenvalue weighted by Gasteiger charge is -2.04. The maximum atomic E-state index is 11.7. The van der Waals surface area contributed by atoms with Gasteiger partial charge in [0.05, 0.1) is 17.7 Å². The number of benzene rings is 1. The number of ether oxygens (including phenoxy) is 1. The number of hydrogen-bond acceptors (Lipinski definition) is 7. The zero-order valence-electron chi connectivity index (χ0n) is 11.4. The third kappa shape index (κ3) is 2.48. The first-order valence-electron chi connectivity index (χ1n) is 5.89. The molecule has 9 heteroatoms. The highest BCUT2D eigenvalue weighted by atomic mass is 16.6. The second-order valence-corrected chi connectivity index (χ2v) is 4.04. The van der Waals surface area contributed by atoms with Crippen molar-refractivity contribution >= 4 is 23.3 Å². The van der Waals surface area contributed by atoms with Crippen LogP contribution in [0.25, 0.3) is 5.69 Å². The maximum absolute atomic E-state index is 11.7. The number of hydrogen-bond donors (Lipinski definition) is 2. The second-order valence-electron chi connectivity index (χ2n) is 4.04. The summed E-state index contributed by atoms with van der Waals surface area (Å²) >= 11 is 0. The highest BCUT2D eigenvalue weighted by Gasteiger charge is 2.23. The summed E-state index contributed by atoms with van der Waals surface area (Å²) in [5.74, 6) is -0.383. The first-order chi connectivity index (χ1) is 9.99. The van der Waals surface area contributed by atoms with Crippen molar-refractivity contribution in [3.8, 4) is 5.69 Å². The predicted molar refractivity (Wildman–Crippen MR) is 75.5 cm³/mol. The van der Waals surface area contributed by atoms with Gasteiger partial charge in [0.15, 0.2) is 5.82 Å². The van der Waals surface area contributed by atoms with Gasteiger partial charge in [-0.15, -0.1) is 5.10 Å². The summed E-state index contributed by atoms with van der Waals surface area (Å²) in [5, 5.41) is 17.7. The highest BCUT2D eigenvalue weighted by molar-refractivity contribution is 5.99. The van der Waals surface area contributed by atoms with Gasteiger partial charge in [0.25, 0.3) is 5.69 Å². The largest absolute Gasteiger partial charge is 0.465 e. The molecular weight excluding hydrogens is 278 g/mol. The lowest BCUT2D eigenvalue weighted by molar-refractivity contribution is -0.384. The van der Waals surface area contributed by atoms with Gasteiger partial charge in [-0.2, -0.15) is 0 Å². The van der Waals surface area contributed by atoms with Gasteiger partial charge in [0.1, 0.15) is 11.4 Å². The SMILES string of the molecule is CNc1nn(-c2cccc([N+](=O)[O-])c2)c(N)c1C(=O)OC. The normalized spacial score (nSPS) is 10.2. The van der Waals surface area contributed by atoms with Gasteiger partial charge in [-0.1, -0.05) is 6.07 Å². The molecule has 0 spiro atoms. The molecule has 0 aliphatic heterocycles. The van der Waals surface area contributed by atoms with Crippen molar-refractivity contribution in [2.75, 3.05) is 25.2 Å². The number of non-ortho nitro benzene ring substituents is 1. The number of aromatic nitrogens is 2. The smallest absolute Gasteiger partial charge is 0.345 e. The third-order valence-electron chi connectivity index (χ3n) is 2.83. The Morgan fingerprint density at radius 1 is 1.52 bits per heavy atom. The zero-order chi connectivity index (χ0) is 15.6.